The summed E-state index contributed by atoms with van der Waals surface area (Å²) in [6, 6.07) is 8.66. The summed E-state index contributed by atoms with van der Waals surface area (Å²) in [4.78, 5) is 14.6. The number of carboxylic acid groups (broad SMARTS) is 1. The van der Waals surface area contributed by atoms with Crippen molar-refractivity contribution in [2.45, 2.75) is 0 Å². The highest BCUT2D eigenvalue weighted by Gasteiger charge is 2.04. The van der Waals surface area contributed by atoms with Crippen molar-refractivity contribution in [3.05, 3.63) is 53.3 Å². The Morgan fingerprint density at radius 2 is 2.06 bits per heavy atom. The maximum absolute atomic E-state index is 10.8. The van der Waals surface area contributed by atoms with Crippen LogP contribution in [0.15, 0.2) is 42.7 Å². The van der Waals surface area contributed by atoms with Gasteiger partial charge in [-0.05, 0) is 24.3 Å². The van der Waals surface area contributed by atoms with Crippen LogP contribution >= 0.6 is 11.6 Å². The molecule has 1 aromatic heterocycles. The monoisotopic (exact) mass is 248 g/mol. The molecule has 1 heterocycles. The topological polar surface area (TPSA) is 62.2 Å². The normalized spacial score (nSPS) is 9.94. The molecule has 2 aromatic rings. The minimum absolute atomic E-state index is 0.136. The van der Waals surface area contributed by atoms with Crippen LogP contribution in [0.2, 0.25) is 5.02 Å². The van der Waals surface area contributed by atoms with E-state index in [1.165, 1.54) is 12.3 Å². The van der Waals surface area contributed by atoms with Gasteiger partial charge in [0, 0.05) is 16.9 Å². The van der Waals surface area contributed by atoms with Gasteiger partial charge in [-0.15, -0.1) is 0 Å². The lowest BCUT2D eigenvalue weighted by atomic mass is 10.2. The number of nitrogens with zero attached hydrogens (tertiary/aromatic N) is 1. The number of anilines is 2. The Hall–Kier alpha value is -2.07. The first kappa shape index (κ1) is 11.4. The van der Waals surface area contributed by atoms with Crippen molar-refractivity contribution in [1.82, 2.24) is 4.98 Å². The quantitative estimate of drug-likeness (QED) is 0.876. The SMILES string of the molecule is O=C(O)c1cncc(Nc2cccc(Cl)c2)c1. The van der Waals surface area contributed by atoms with Gasteiger partial charge in [-0.1, -0.05) is 17.7 Å². The number of pyridine rings is 1. The molecule has 0 aliphatic heterocycles. The first-order chi connectivity index (χ1) is 8.15. The fraction of sp³-hybridized carbons (Fsp3) is 0. The van der Waals surface area contributed by atoms with Gasteiger partial charge >= 0.3 is 5.97 Å². The van der Waals surface area contributed by atoms with Crippen molar-refractivity contribution in [1.29, 1.82) is 0 Å². The van der Waals surface area contributed by atoms with Crippen molar-refractivity contribution in [2.24, 2.45) is 0 Å². The molecule has 1 aromatic carbocycles. The third-order valence-corrected chi connectivity index (χ3v) is 2.33. The molecule has 2 N–H and O–H groups in total. The second-order valence-electron chi connectivity index (χ2n) is 3.40. The zero-order valence-electron chi connectivity index (χ0n) is 8.72. The van der Waals surface area contributed by atoms with Crippen LogP contribution in [0.4, 0.5) is 11.4 Å². The number of halogens is 1. The standard InChI is InChI=1S/C12H9ClN2O2/c13-9-2-1-3-10(5-9)15-11-4-8(12(16)17)6-14-7-11/h1-7,15H,(H,16,17). The van der Waals surface area contributed by atoms with Crippen molar-refractivity contribution < 1.29 is 9.90 Å². The van der Waals surface area contributed by atoms with E-state index in [1.54, 1.807) is 24.4 Å². The highest BCUT2D eigenvalue weighted by Crippen LogP contribution is 2.20. The van der Waals surface area contributed by atoms with Gasteiger partial charge in [0.1, 0.15) is 0 Å². The van der Waals surface area contributed by atoms with Crippen molar-refractivity contribution in [3.63, 3.8) is 0 Å². The molecule has 0 saturated heterocycles. The fourth-order valence-corrected chi connectivity index (χ4v) is 1.55. The highest BCUT2D eigenvalue weighted by molar-refractivity contribution is 6.30. The lowest BCUT2D eigenvalue weighted by molar-refractivity contribution is 0.0696. The Bertz CT molecular complexity index is 558. The molecule has 0 fully saturated rings. The van der Waals surface area contributed by atoms with E-state index in [1.807, 2.05) is 6.07 Å². The van der Waals surface area contributed by atoms with Crippen LogP contribution in [0.25, 0.3) is 0 Å². The minimum Gasteiger partial charge on any atom is -0.478 e. The Labute approximate surface area is 103 Å². The van der Waals surface area contributed by atoms with Gasteiger partial charge in [0.25, 0.3) is 0 Å². The summed E-state index contributed by atoms with van der Waals surface area (Å²) >= 11 is 5.84. The third kappa shape index (κ3) is 2.95. The Kier molecular flexibility index (Phi) is 3.25. The molecule has 5 heteroatoms. The smallest absolute Gasteiger partial charge is 0.337 e. The number of hydrogen-bond acceptors (Lipinski definition) is 3. The first-order valence-corrected chi connectivity index (χ1v) is 5.24. The van der Waals surface area contributed by atoms with Gasteiger partial charge in [0.15, 0.2) is 0 Å². The number of benzene rings is 1. The molecule has 0 amide bonds. The van der Waals surface area contributed by atoms with Crippen LogP contribution in [0.5, 0.6) is 0 Å². The maximum atomic E-state index is 10.8. The molecular formula is C12H9ClN2O2. The Morgan fingerprint density at radius 1 is 1.24 bits per heavy atom. The largest absolute Gasteiger partial charge is 0.478 e. The third-order valence-electron chi connectivity index (χ3n) is 2.10. The number of nitrogens with one attached hydrogen (secondary N) is 1. The van der Waals surface area contributed by atoms with Crippen LogP contribution in [-0.4, -0.2) is 16.1 Å². The Balaban J connectivity index is 2.24. The van der Waals surface area contributed by atoms with E-state index in [4.69, 9.17) is 16.7 Å². The fourth-order valence-electron chi connectivity index (χ4n) is 1.36. The predicted molar refractivity (Wildman–Crippen MR) is 65.9 cm³/mol. The molecule has 86 valence electrons. The lowest BCUT2D eigenvalue weighted by Crippen LogP contribution is -1.99. The zero-order valence-corrected chi connectivity index (χ0v) is 9.48. The molecule has 0 atom stereocenters. The van der Waals surface area contributed by atoms with Gasteiger partial charge in [-0.3, -0.25) is 4.98 Å². The van der Waals surface area contributed by atoms with Gasteiger partial charge in [0.05, 0.1) is 17.4 Å². The first-order valence-electron chi connectivity index (χ1n) is 4.86. The summed E-state index contributed by atoms with van der Waals surface area (Å²) < 4.78 is 0. The van der Waals surface area contributed by atoms with Gasteiger partial charge in [-0.2, -0.15) is 0 Å². The number of aromatic nitrogens is 1. The Morgan fingerprint density at radius 3 is 2.76 bits per heavy atom. The molecule has 0 bridgehead atoms. The molecule has 0 aliphatic rings. The van der Waals surface area contributed by atoms with Crippen LogP contribution in [0, 0.1) is 0 Å². The van der Waals surface area contributed by atoms with Crippen LogP contribution in [-0.2, 0) is 0 Å². The van der Waals surface area contributed by atoms with Gasteiger partial charge in [-0.25, -0.2) is 4.79 Å². The predicted octanol–water partition coefficient (Wildman–Crippen LogP) is 3.18. The van der Waals surface area contributed by atoms with Crippen molar-refractivity contribution in [2.75, 3.05) is 5.32 Å². The summed E-state index contributed by atoms with van der Waals surface area (Å²) in [5, 5.41) is 12.5. The summed E-state index contributed by atoms with van der Waals surface area (Å²) in [5.74, 6) is -1.01. The van der Waals surface area contributed by atoms with E-state index in [0.29, 0.717) is 10.7 Å². The highest BCUT2D eigenvalue weighted by atomic mass is 35.5. The summed E-state index contributed by atoms with van der Waals surface area (Å²) in [6.45, 7) is 0. The van der Waals surface area contributed by atoms with E-state index in [9.17, 15) is 4.79 Å². The number of carbonyl (C=O) groups is 1. The molecule has 4 nitrogen and oxygen atoms in total. The summed E-state index contributed by atoms with van der Waals surface area (Å²) in [6.07, 6.45) is 2.85. The van der Waals surface area contributed by atoms with E-state index >= 15 is 0 Å². The summed E-state index contributed by atoms with van der Waals surface area (Å²) in [5.41, 5.74) is 1.52. The number of carboxylic acids is 1. The molecule has 0 spiro atoms. The zero-order chi connectivity index (χ0) is 12.3. The molecule has 0 aliphatic carbocycles. The molecular weight excluding hydrogens is 240 g/mol. The summed E-state index contributed by atoms with van der Waals surface area (Å²) in [7, 11) is 0. The van der Waals surface area contributed by atoms with E-state index < -0.39 is 5.97 Å². The second kappa shape index (κ2) is 4.84. The number of hydrogen-bond donors (Lipinski definition) is 2. The molecule has 0 saturated carbocycles. The van der Waals surface area contributed by atoms with E-state index in [2.05, 4.69) is 10.3 Å². The lowest BCUT2D eigenvalue weighted by Gasteiger charge is -2.06. The van der Waals surface area contributed by atoms with Gasteiger partial charge < -0.3 is 10.4 Å². The molecule has 17 heavy (non-hydrogen) atoms. The van der Waals surface area contributed by atoms with Crippen LogP contribution in [0.1, 0.15) is 10.4 Å². The number of aromatic carboxylic acids is 1. The van der Waals surface area contributed by atoms with Crippen molar-refractivity contribution >= 4 is 28.9 Å². The number of rotatable bonds is 3. The molecule has 0 unspecified atom stereocenters. The average molecular weight is 249 g/mol. The average Bonchev–Trinajstić information content (AvgIpc) is 2.29. The van der Waals surface area contributed by atoms with E-state index in [0.717, 1.165) is 5.69 Å². The van der Waals surface area contributed by atoms with Crippen LogP contribution < -0.4 is 5.32 Å². The van der Waals surface area contributed by atoms with Gasteiger partial charge in [0.2, 0.25) is 0 Å². The molecule has 2 rings (SSSR count). The van der Waals surface area contributed by atoms with Crippen molar-refractivity contribution in [3.8, 4) is 0 Å². The molecule has 0 radical (unpaired) electrons. The maximum Gasteiger partial charge on any atom is 0.337 e. The second-order valence-corrected chi connectivity index (χ2v) is 3.84. The van der Waals surface area contributed by atoms with Crippen LogP contribution in [0.3, 0.4) is 0 Å². The minimum atomic E-state index is -1.01. The van der Waals surface area contributed by atoms with E-state index in [-0.39, 0.29) is 5.56 Å².